The summed E-state index contributed by atoms with van der Waals surface area (Å²) in [4.78, 5) is 15.8. The van der Waals surface area contributed by atoms with Crippen LogP contribution in [0.5, 0.6) is 0 Å². The van der Waals surface area contributed by atoms with Crippen molar-refractivity contribution in [1.29, 1.82) is 0 Å². The van der Waals surface area contributed by atoms with E-state index in [1.165, 1.54) is 26.1 Å². The normalized spacial score (nSPS) is 23.8. The maximum Gasteiger partial charge on any atom is 0.437 e. The molecule has 3 N–H and O–H groups in total. The number of nitrogens with one attached hydrogen (secondary N) is 1. The topological polar surface area (TPSA) is 114 Å². The number of halogens is 1. The van der Waals surface area contributed by atoms with Gasteiger partial charge in [-0.1, -0.05) is 0 Å². The summed E-state index contributed by atoms with van der Waals surface area (Å²) in [6, 6.07) is 2.64. The molecule has 0 bridgehead atoms. The first-order chi connectivity index (χ1) is 12.1. The van der Waals surface area contributed by atoms with Crippen molar-refractivity contribution in [3.63, 3.8) is 0 Å². The molecule has 1 atom stereocenters. The molecule has 0 aromatic heterocycles. The van der Waals surface area contributed by atoms with Gasteiger partial charge in [0, 0.05) is 18.3 Å². The molecular formula is C17H25FN4O4S. The molecule has 1 aromatic carbocycles. The molecule has 0 spiro atoms. The van der Waals surface area contributed by atoms with Crippen LogP contribution in [0.1, 0.15) is 38.8 Å². The van der Waals surface area contributed by atoms with E-state index >= 15 is 0 Å². The van der Waals surface area contributed by atoms with Crippen molar-refractivity contribution in [1.82, 2.24) is 9.62 Å². The van der Waals surface area contributed by atoms with Crippen LogP contribution in [0.25, 0.3) is 0 Å². The average molecular weight is 400 g/mol. The van der Waals surface area contributed by atoms with Crippen LogP contribution in [-0.2, 0) is 20.3 Å². The summed E-state index contributed by atoms with van der Waals surface area (Å²) in [6.07, 6.45) is -0.958. The molecule has 1 amide bonds. The minimum absolute atomic E-state index is 0.0687. The molecule has 1 saturated heterocycles. The number of hydrogen-bond donors (Lipinski definition) is 2. The zero-order valence-electron chi connectivity index (χ0n) is 16.3. The van der Waals surface area contributed by atoms with Gasteiger partial charge in [-0.2, -0.15) is 0 Å². The van der Waals surface area contributed by atoms with Gasteiger partial charge in [-0.3, -0.25) is 0 Å². The Labute approximate surface area is 158 Å². The largest absolute Gasteiger partial charge is 0.442 e. The Kier molecular flexibility index (Phi) is 5.17. The van der Waals surface area contributed by atoms with E-state index in [-0.39, 0.29) is 11.5 Å². The van der Waals surface area contributed by atoms with Gasteiger partial charge in [0.05, 0.1) is 11.3 Å². The van der Waals surface area contributed by atoms with E-state index in [1.807, 2.05) is 0 Å². The van der Waals surface area contributed by atoms with Gasteiger partial charge in [0.1, 0.15) is 11.4 Å². The Morgan fingerprint density at radius 3 is 2.56 bits per heavy atom. The molecule has 150 valence electrons. The Balaban J connectivity index is 2.51. The van der Waals surface area contributed by atoms with Crippen molar-refractivity contribution in [2.24, 2.45) is 4.99 Å². The van der Waals surface area contributed by atoms with Gasteiger partial charge < -0.3 is 15.8 Å². The van der Waals surface area contributed by atoms with E-state index in [9.17, 15) is 17.6 Å². The van der Waals surface area contributed by atoms with E-state index in [2.05, 4.69) is 10.3 Å². The summed E-state index contributed by atoms with van der Waals surface area (Å²) in [6.45, 7) is 8.14. The number of amides is 1. The maximum atomic E-state index is 14.6. The van der Waals surface area contributed by atoms with Crippen LogP contribution in [0.15, 0.2) is 17.1 Å². The lowest BCUT2D eigenvalue weighted by molar-refractivity contribution is 0.0602. The highest BCUT2D eigenvalue weighted by atomic mass is 32.2. The number of sulfonamides is 1. The second kappa shape index (κ2) is 6.66. The van der Waals surface area contributed by atoms with Crippen LogP contribution in [0.2, 0.25) is 0 Å². The van der Waals surface area contributed by atoms with E-state index < -0.39 is 38.8 Å². The number of hydrogen-bond acceptors (Lipinski definition) is 5. The van der Waals surface area contributed by atoms with Crippen molar-refractivity contribution in [2.45, 2.75) is 45.8 Å². The SMILES string of the molecule is Cc1cc(F)c([C@]2(C)CS(=O)(=O)N(C)/C(=N/C(=O)OC(C)(C)C)N2)cc1N. The monoisotopic (exact) mass is 400 g/mol. The Morgan fingerprint density at radius 1 is 1.41 bits per heavy atom. The predicted molar refractivity (Wildman–Crippen MR) is 101 cm³/mol. The average Bonchev–Trinajstić information content (AvgIpc) is 2.45. The predicted octanol–water partition coefficient (Wildman–Crippen LogP) is 2.09. The lowest BCUT2D eigenvalue weighted by Crippen LogP contribution is -2.61. The van der Waals surface area contributed by atoms with Crippen LogP contribution >= 0.6 is 0 Å². The van der Waals surface area contributed by atoms with E-state index in [0.717, 1.165) is 4.31 Å². The molecule has 0 radical (unpaired) electrons. The molecule has 1 heterocycles. The Bertz CT molecular complexity index is 908. The molecule has 1 aliphatic heterocycles. The van der Waals surface area contributed by atoms with Crippen LogP contribution in [0.3, 0.4) is 0 Å². The molecule has 1 aliphatic rings. The van der Waals surface area contributed by atoms with Crippen molar-refractivity contribution in [3.8, 4) is 0 Å². The highest BCUT2D eigenvalue weighted by molar-refractivity contribution is 7.89. The molecule has 27 heavy (non-hydrogen) atoms. The third-order valence-electron chi connectivity index (χ3n) is 4.12. The Hall–Kier alpha value is -2.36. The van der Waals surface area contributed by atoms with E-state index in [1.54, 1.807) is 27.7 Å². The van der Waals surface area contributed by atoms with Crippen LogP contribution in [0, 0.1) is 12.7 Å². The number of benzene rings is 1. The highest BCUT2D eigenvalue weighted by Crippen LogP contribution is 2.32. The molecular weight excluding hydrogens is 375 g/mol. The zero-order valence-corrected chi connectivity index (χ0v) is 17.1. The highest BCUT2D eigenvalue weighted by Gasteiger charge is 2.44. The number of nitrogens with zero attached hydrogens (tertiary/aromatic N) is 2. The van der Waals surface area contributed by atoms with Gasteiger partial charge >= 0.3 is 6.09 Å². The van der Waals surface area contributed by atoms with Crippen LogP contribution in [-0.4, -0.2) is 43.2 Å². The number of aliphatic imine (C=N–C) groups is 1. The first kappa shape index (κ1) is 20.9. The Morgan fingerprint density at radius 2 is 2.00 bits per heavy atom. The van der Waals surface area contributed by atoms with Crippen molar-refractivity contribution in [3.05, 3.63) is 29.1 Å². The fourth-order valence-corrected chi connectivity index (χ4v) is 4.18. The number of carbonyl (C=O) groups is 1. The van der Waals surface area contributed by atoms with E-state index in [0.29, 0.717) is 11.3 Å². The number of ether oxygens (including phenoxy) is 1. The molecule has 1 aromatic rings. The molecule has 2 rings (SSSR count). The number of nitrogens with two attached hydrogens (primary N) is 1. The first-order valence-electron chi connectivity index (χ1n) is 8.27. The lowest BCUT2D eigenvalue weighted by atomic mass is 9.92. The quantitative estimate of drug-likeness (QED) is 0.698. The summed E-state index contributed by atoms with van der Waals surface area (Å²) >= 11 is 0. The van der Waals surface area contributed by atoms with Crippen molar-refractivity contribution in [2.75, 3.05) is 18.5 Å². The van der Waals surface area contributed by atoms with E-state index in [4.69, 9.17) is 10.5 Å². The zero-order chi connectivity index (χ0) is 20.8. The minimum atomic E-state index is -3.87. The fraction of sp³-hybridized carbons (Fsp3) is 0.529. The maximum absolute atomic E-state index is 14.6. The van der Waals surface area contributed by atoms with Crippen molar-refractivity contribution >= 4 is 27.8 Å². The molecule has 0 unspecified atom stereocenters. The third-order valence-corrected chi connectivity index (χ3v) is 6.06. The summed E-state index contributed by atoms with van der Waals surface area (Å²) in [7, 11) is -2.62. The second-order valence-electron chi connectivity index (χ2n) is 7.79. The minimum Gasteiger partial charge on any atom is -0.442 e. The fourth-order valence-electron chi connectivity index (χ4n) is 2.68. The lowest BCUT2D eigenvalue weighted by Gasteiger charge is -2.40. The smallest absolute Gasteiger partial charge is 0.437 e. The summed E-state index contributed by atoms with van der Waals surface area (Å²) in [5.74, 6) is -1.30. The van der Waals surface area contributed by atoms with Gasteiger partial charge in [0.15, 0.2) is 0 Å². The molecule has 8 nitrogen and oxygen atoms in total. The van der Waals surface area contributed by atoms with Gasteiger partial charge in [-0.25, -0.2) is 21.9 Å². The second-order valence-corrected chi connectivity index (χ2v) is 9.79. The molecule has 0 saturated carbocycles. The molecule has 10 heteroatoms. The number of rotatable bonds is 1. The van der Waals surface area contributed by atoms with Crippen molar-refractivity contribution < 1.29 is 22.3 Å². The summed E-state index contributed by atoms with van der Waals surface area (Å²) in [5, 5.41) is 2.86. The van der Waals surface area contributed by atoms with Gasteiger partial charge in [0.25, 0.3) is 0 Å². The summed E-state index contributed by atoms with van der Waals surface area (Å²) < 4.78 is 45.8. The van der Waals surface area contributed by atoms with Gasteiger partial charge in [-0.05, 0) is 52.3 Å². The standard InChI is InChI=1S/C17H25FN4O4S/c1-10-7-12(18)11(8-13(10)19)17(5)9-27(24,25)22(6)14(21-17)20-15(23)26-16(2,3)4/h7-8H,9,19H2,1-6H3,(H,20,21,23)/t17-/m0/s1. The number of carbonyl (C=O) groups excluding carboxylic acids is 1. The number of guanidine groups is 1. The number of aryl methyl sites for hydroxylation is 1. The first-order valence-corrected chi connectivity index (χ1v) is 9.88. The van der Waals surface area contributed by atoms with Crippen LogP contribution in [0.4, 0.5) is 14.9 Å². The third kappa shape index (κ3) is 4.49. The summed E-state index contributed by atoms with van der Waals surface area (Å²) in [5.41, 5.74) is 4.64. The molecule has 1 fully saturated rings. The van der Waals surface area contributed by atoms with Gasteiger partial charge in [0.2, 0.25) is 16.0 Å². The number of nitrogen functional groups attached to an aromatic ring is 1. The van der Waals surface area contributed by atoms with Crippen LogP contribution < -0.4 is 11.1 Å². The van der Waals surface area contributed by atoms with Gasteiger partial charge in [-0.15, -0.1) is 4.99 Å². The number of anilines is 1. The molecule has 0 aliphatic carbocycles.